The number of hydrogen-bond acceptors (Lipinski definition) is 3. The second-order valence-corrected chi connectivity index (χ2v) is 6.56. The fourth-order valence-corrected chi connectivity index (χ4v) is 3.52. The van der Waals surface area contributed by atoms with E-state index < -0.39 is 0 Å². The molecule has 1 aliphatic carbocycles. The van der Waals surface area contributed by atoms with Gasteiger partial charge in [0.25, 0.3) is 0 Å². The lowest BCUT2D eigenvalue weighted by molar-refractivity contribution is -0.134. The van der Waals surface area contributed by atoms with Crippen LogP contribution in [0.3, 0.4) is 0 Å². The molecule has 1 aliphatic heterocycles. The normalized spacial score (nSPS) is 28.1. The Morgan fingerprint density at radius 2 is 2.00 bits per heavy atom. The van der Waals surface area contributed by atoms with E-state index in [1.807, 2.05) is 11.8 Å². The van der Waals surface area contributed by atoms with Gasteiger partial charge < -0.3 is 16.0 Å². The number of nitrogens with zero attached hydrogens (tertiary/aromatic N) is 1. The second-order valence-electron chi connectivity index (χ2n) is 6.56. The van der Waals surface area contributed by atoms with Gasteiger partial charge in [0.15, 0.2) is 0 Å². The van der Waals surface area contributed by atoms with E-state index in [4.69, 9.17) is 5.73 Å². The Kier molecular flexibility index (Phi) is 8.18. The lowest BCUT2D eigenvalue weighted by Crippen LogP contribution is -2.50. The quantitative estimate of drug-likeness (QED) is 0.807. The van der Waals surface area contributed by atoms with Gasteiger partial charge in [-0.2, -0.15) is 0 Å². The van der Waals surface area contributed by atoms with E-state index in [2.05, 4.69) is 5.32 Å². The molecule has 2 aliphatic rings. The molecule has 0 bridgehead atoms. The zero-order chi connectivity index (χ0) is 15.2. The summed E-state index contributed by atoms with van der Waals surface area (Å²) in [6.45, 7) is 3.48. The van der Waals surface area contributed by atoms with Gasteiger partial charge in [0.05, 0.1) is 0 Å². The molecule has 0 aromatic rings. The highest BCUT2D eigenvalue weighted by atomic mass is 35.5. The molecule has 0 radical (unpaired) electrons. The Balaban J connectivity index is 0.00000242. The Hall–Kier alpha value is -0.810. The number of nitrogens with one attached hydrogen (secondary N) is 1. The average Bonchev–Trinajstić information content (AvgIpc) is 2.85. The van der Waals surface area contributed by atoms with E-state index in [-0.39, 0.29) is 36.3 Å². The first kappa shape index (κ1) is 19.2. The summed E-state index contributed by atoms with van der Waals surface area (Å²) < 4.78 is 0. The predicted octanol–water partition coefficient (Wildman–Crippen LogP) is 1.83. The van der Waals surface area contributed by atoms with Crippen LogP contribution in [0.4, 0.5) is 0 Å². The summed E-state index contributed by atoms with van der Waals surface area (Å²) in [6, 6.07) is 0.317. The number of rotatable bonds is 5. The molecular formula is C16H30ClN3O2. The Labute approximate surface area is 139 Å². The van der Waals surface area contributed by atoms with Gasteiger partial charge >= 0.3 is 0 Å². The maximum Gasteiger partial charge on any atom is 0.222 e. The van der Waals surface area contributed by atoms with Gasteiger partial charge in [0, 0.05) is 38.0 Å². The Morgan fingerprint density at radius 3 is 2.64 bits per heavy atom. The van der Waals surface area contributed by atoms with Crippen molar-refractivity contribution in [2.24, 2.45) is 11.7 Å². The average molecular weight is 332 g/mol. The van der Waals surface area contributed by atoms with Crippen molar-refractivity contribution in [3.8, 4) is 0 Å². The number of piperidine rings is 1. The van der Waals surface area contributed by atoms with Crippen LogP contribution in [0.2, 0.25) is 0 Å². The standard InChI is InChI=1S/C16H29N3O2.ClH/c1-2-5-15(20)18-13-7-4-9-19(11-13)16(21)10-12-6-3-8-14(12)17;/h12-14H,2-11,17H2,1H3,(H,18,20);1H/t12-,13?,14+;/m0./s1. The molecule has 1 saturated heterocycles. The Bertz CT molecular complexity index is 378. The third-order valence-electron chi connectivity index (χ3n) is 4.77. The maximum absolute atomic E-state index is 12.4. The summed E-state index contributed by atoms with van der Waals surface area (Å²) >= 11 is 0. The van der Waals surface area contributed by atoms with Crippen LogP contribution in [0.5, 0.6) is 0 Å². The fourth-order valence-electron chi connectivity index (χ4n) is 3.52. The van der Waals surface area contributed by atoms with Crippen LogP contribution in [-0.4, -0.2) is 41.9 Å². The molecule has 3 atom stereocenters. The number of likely N-dealkylation sites (tertiary alicyclic amines) is 1. The molecule has 5 nitrogen and oxygen atoms in total. The molecule has 128 valence electrons. The van der Waals surface area contributed by atoms with Crippen LogP contribution < -0.4 is 11.1 Å². The topological polar surface area (TPSA) is 75.4 Å². The maximum atomic E-state index is 12.4. The molecule has 3 N–H and O–H groups in total. The molecule has 2 rings (SSSR count). The first-order valence-corrected chi connectivity index (χ1v) is 8.43. The smallest absolute Gasteiger partial charge is 0.222 e. The van der Waals surface area contributed by atoms with Crippen LogP contribution in [0.15, 0.2) is 0 Å². The first-order chi connectivity index (χ1) is 10.1. The number of halogens is 1. The lowest BCUT2D eigenvalue weighted by atomic mass is 9.98. The minimum absolute atomic E-state index is 0. The number of hydrogen-bond donors (Lipinski definition) is 2. The summed E-state index contributed by atoms with van der Waals surface area (Å²) in [5, 5.41) is 3.05. The van der Waals surface area contributed by atoms with Gasteiger partial charge in [-0.1, -0.05) is 13.3 Å². The highest BCUT2D eigenvalue weighted by Crippen LogP contribution is 2.27. The molecule has 2 amide bonds. The van der Waals surface area contributed by atoms with E-state index in [0.29, 0.717) is 25.3 Å². The van der Waals surface area contributed by atoms with Crippen LogP contribution in [0.1, 0.15) is 58.3 Å². The first-order valence-electron chi connectivity index (χ1n) is 8.43. The van der Waals surface area contributed by atoms with Crippen molar-refractivity contribution < 1.29 is 9.59 Å². The monoisotopic (exact) mass is 331 g/mol. The van der Waals surface area contributed by atoms with Gasteiger partial charge in [-0.3, -0.25) is 9.59 Å². The minimum atomic E-state index is 0. The minimum Gasteiger partial charge on any atom is -0.352 e. The molecule has 1 unspecified atom stereocenters. The van der Waals surface area contributed by atoms with E-state index in [1.54, 1.807) is 0 Å². The summed E-state index contributed by atoms with van der Waals surface area (Å²) in [5.41, 5.74) is 6.06. The number of carbonyl (C=O) groups excluding carboxylic acids is 2. The van der Waals surface area contributed by atoms with Crippen LogP contribution in [-0.2, 0) is 9.59 Å². The molecule has 1 heterocycles. The molecule has 0 spiro atoms. The van der Waals surface area contributed by atoms with Crippen LogP contribution in [0.25, 0.3) is 0 Å². The SMILES string of the molecule is CCCC(=O)NC1CCCN(C(=O)C[C@@H]2CCC[C@H]2N)C1.Cl. The highest BCUT2D eigenvalue weighted by molar-refractivity contribution is 5.85. The molecule has 0 aromatic heterocycles. The van der Waals surface area contributed by atoms with Crippen molar-refractivity contribution in [2.75, 3.05) is 13.1 Å². The largest absolute Gasteiger partial charge is 0.352 e. The van der Waals surface area contributed by atoms with Gasteiger partial charge in [-0.25, -0.2) is 0 Å². The van der Waals surface area contributed by atoms with E-state index in [0.717, 1.165) is 45.1 Å². The fraction of sp³-hybridized carbons (Fsp3) is 0.875. The number of carbonyl (C=O) groups is 2. The third-order valence-corrected chi connectivity index (χ3v) is 4.77. The predicted molar refractivity (Wildman–Crippen MR) is 89.8 cm³/mol. The molecule has 6 heteroatoms. The highest BCUT2D eigenvalue weighted by Gasteiger charge is 2.30. The second kappa shape index (κ2) is 9.36. The van der Waals surface area contributed by atoms with Gasteiger partial charge in [-0.05, 0) is 38.0 Å². The van der Waals surface area contributed by atoms with Gasteiger partial charge in [0.1, 0.15) is 0 Å². The zero-order valence-corrected chi connectivity index (χ0v) is 14.4. The zero-order valence-electron chi connectivity index (χ0n) is 13.6. The van der Waals surface area contributed by atoms with Crippen molar-refractivity contribution in [3.63, 3.8) is 0 Å². The molecular weight excluding hydrogens is 302 g/mol. The van der Waals surface area contributed by atoms with Crippen LogP contribution in [0, 0.1) is 5.92 Å². The van der Waals surface area contributed by atoms with E-state index in [1.165, 1.54) is 0 Å². The molecule has 0 aromatic carbocycles. The van der Waals surface area contributed by atoms with Crippen molar-refractivity contribution in [1.82, 2.24) is 10.2 Å². The van der Waals surface area contributed by atoms with E-state index in [9.17, 15) is 9.59 Å². The molecule has 2 fully saturated rings. The third kappa shape index (κ3) is 5.43. The number of nitrogens with two attached hydrogens (primary N) is 1. The summed E-state index contributed by atoms with van der Waals surface area (Å²) in [6.07, 6.45) is 7.24. The van der Waals surface area contributed by atoms with E-state index >= 15 is 0 Å². The summed E-state index contributed by atoms with van der Waals surface area (Å²) in [4.78, 5) is 26.0. The van der Waals surface area contributed by atoms with Gasteiger partial charge in [-0.15, -0.1) is 12.4 Å². The summed E-state index contributed by atoms with van der Waals surface area (Å²) in [5.74, 6) is 0.675. The number of amides is 2. The van der Waals surface area contributed by atoms with Gasteiger partial charge in [0.2, 0.25) is 11.8 Å². The lowest BCUT2D eigenvalue weighted by Gasteiger charge is -2.34. The van der Waals surface area contributed by atoms with Crippen molar-refractivity contribution in [2.45, 2.75) is 70.4 Å². The van der Waals surface area contributed by atoms with Crippen LogP contribution >= 0.6 is 12.4 Å². The van der Waals surface area contributed by atoms with Crippen molar-refractivity contribution in [1.29, 1.82) is 0 Å². The summed E-state index contributed by atoms with van der Waals surface area (Å²) in [7, 11) is 0. The van der Waals surface area contributed by atoms with Crippen molar-refractivity contribution >= 4 is 24.2 Å². The Morgan fingerprint density at radius 1 is 1.23 bits per heavy atom. The van der Waals surface area contributed by atoms with Crippen molar-refractivity contribution in [3.05, 3.63) is 0 Å². The molecule has 1 saturated carbocycles. The molecule has 22 heavy (non-hydrogen) atoms.